The van der Waals surface area contributed by atoms with Crippen LogP contribution in [0.4, 0.5) is 4.39 Å². The van der Waals surface area contributed by atoms with Crippen molar-refractivity contribution in [2.24, 2.45) is 0 Å². The highest BCUT2D eigenvalue weighted by molar-refractivity contribution is 5.29. The lowest BCUT2D eigenvalue weighted by Crippen LogP contribution is -2.12. The van der Waals surface area contributed by atoms with Crippen LogP contribution in [-0.2, 0) is 6.54 Å². The van der Waals surface area contributed by atoms with Crippen LogP contribution in [0.3, 0.4) is 0 Å². The van der Waals surface area contributed by atoms with Gasteiger partial charge in [-0.25, -0.2) is 4.39 Å². The van der Waals surface area contributed by atoms with Crippen LogP contribution in [0.5, 0.6) is 0 Å². The van der Waals surface area contributed by atoms with Crippen LogP contribution in [0, 0.1) is 5.82 Å². The van der Waals surface area contributed by atoms with Gasteiger partial charge in [-0.3, -0.25) is 0 Å². The standard InChI is InChI=1S/C12H16FN/c1-2-14-8-11-6-5-10(7-12(11)13)9-3-4-9/h5-7,9,14H,2-4,8H2,1H3. The van der Waals surface area contributed by atoms with Gasteiger partial charge in [-0.2, -0.15) is 0 Å². The summed E-state index contributed by atoms with van der Waals surface area (Å²) in [5.41, 5.74) is 1.94. The van der Waals surface area contributed by atoms with Crippen molar-refractivity contribution in [1.82, 2.24) is 5.32 Å². The Bertz CT molecular complexity index is 318. The van der Waals surface area contributed by atoms with Crippen molar-refractivity contribution in [2.45, 2.75) is 32.2 Å². The summed E-state index contributed by atoms with van der Waals surface area (Å²) in [5, 5.41) is 3.13. The Morgan fingerprint density at radius 2 is 2.21 bits per heavy atom. The summed E-state index contributed by atoms with van der Waals surface area (Å²) >= 11 is 0. The monoisotopic (exact) mass is 193 g/mol. The minimum Gasteiger partial charge on any atom is -0.313 e. The predicted molar refractivity (Wildman–Crippen MR) is 55.8 cm³/mol. The van der Waals surface area contributed by atoms with Gasteiger partial charge in [0.05, 0.1) is 0 Å². The van der Waals surface area contributed by atoms with Gasteiger partial charge in [0.2, 0.25) is 0 Å². The maximum atomic E-state index is 13.5. The van der Waals surface area contributed by atoms with Gasteiger partial charge in [0, 0.05) is 12.1 Å². The Balaban J connectivity index is 2.09. The summed E-state index contributed by atoms with van der Waals surface area (Å²) in [5.74, 6) is 0.577. The fourth-order valence-corrected chi connectivity index (χ4v) is 1.64. The van der Waals surface area contributed by atoms with Crippen molar-refractivity contribution in [3.05, 3.63) is 35.1 Å². The highest BCUT2D eigenvalue weighted by Gasteiger charge is 2.23. The second-order valence-corrected chi connectivity index (χ2v) is 3.91. The molecule has 0 unspecified atom stereocenters. The van der Waals surface area contributed by atoms with Gasteiger partial charge in [0.25, 0.3) is 0 Å². The normalized spacial score (nSPS) is 15.9. The summed E-state index contributed by atoms with van der Waals surface area (Å²) in [6, 6.07) is 5.67. The molecule has 1 aliphatic rings. The van der Waals surface area contributed by atoms with Crippen molar-refractivity contribution in [1.29, 1.82) is 0 Å². The minimum atomic E-state index is -0.0599. The molecule has 2 rings (SSSR count). The Labute approximate surface area is 84.3 Å². The first-order valence-electron chi connectivity index (χ1n) is 5.30. The van der Waals surface area contributed by atoms with Gasteiger partial charge in [0.15, 0.2) is 0 Å². The third-order valence-electron chi connectivity index (χ3n) is 2.69. The molecule has 0 saturated heterocycles. The lowest BCUT2D eigenvalue weighted by Gasteiger charge is -2.05. The van der Waals surface area contributed by atoms with Crippen molar-refractivity contribution >= 4 is 0 Å². The Kier molecular flexibility index (Phi) is 2.82. The van der Waals surface area contributed by atoms with E-state index in [0.29, 0.717) is 12.5 Å². The van der Waals surface area contributed by atoms with Gasteiger partial charge >= 0.3 is 0 Å². The van der Waals surface area contributed by atoms with E-state index in [1.807, 2.05) is 13.0 Å². The van der Waals surface area contributed by atoms with Crippen LogP contribution in [0.15, 0.2) is 18.2 Å². The second-order valence-electron chi connectivity index (χ2n) is 3.91. The van der Waals surface area contributed by atoms with E-state index >= 15 is 0 Å². The van der Waals surface area contributed by atoms with Gasteiger partial charge in [0.1, 0.15) is 5.82 Å². The first kappa shape index (κ1) is 9.66. The fraction of sp³-hybridized carbons (Fsp3) is 0.500. The van der Waals surface area contributed by atoms with Crippen molar-refractivity contribution in [3.63, 3.8) is 0 Å². The summed E-state index contributed by atoms with van der Waals surface area (Å²) in [7, 11) is 0. The summed E-state index contributed by atoms with van der Waals surface area (Å²) in [6.45, 7) is 3.54. The van der Waals surface area contributed by atoms with Crippen LogP contribution < -0.4 is 5.32 Å². The van der Waals surface area contributed by atoms with Crippen LogP contribution in [-0.4, -0.2) is 6.54 Å². The molecular formula is C12H16FN. The molecule has 1 aliphatic carbocycles. The smallest absolute Gasteiger partial charge is 0.127 e. The van der Waals surface area contributed by atoms with Crippen LogP contribution in [0.2, 0.25) is 0 Å². The molecule has 0 bridgehead atoms. The molecule has 0 radical (unpaired) electrons. The fourth-order valence-electron chi connectivity index (χ4n) is 1.64. The molecule has 1 saturated carbocycles. The molecular weight excluding hydrogens is 177 g/mol. The van der Waals surface area contributed by atoms with Crippen LogP contribution in [0.25, 0.3) is 0 Å². The minimum absolute atomic E-state index is 0.0599. The molecule has 76 valence electrons. The van der Waals surface area contributed by atoms with E-state index in [-0.39, 0.29) is 5.82 Å². The molecule has 14 heavy (non-hydrogen) atoms. The molecule has 0 atom stereocenters. The van der Waals surface area contributed by atoms with Gasteiger partial charge in [-0.15, -0.1) is 0 Å². The Morgan fingerprint density at radius 3 is 2.79 bits per heavy atom. The first-order chi connectivity index (χ1) is 6.81. The van der Waals surface area contributed by atoms with E-state index in [0.717, 1.165) is 12.1 Å². The highest BCUT2D eigenvalue weighted by Crippen LogP contribution is 2.40. The molecule has 0 spiro atoms. The topological polar surface area (TPSA) is 12.0 Å². The number of hydrogen-bond acceptors (Lipinski definition) is 1. The Morgan fingerprint density at radius 1 is 1.43 bits per heavy atom. The Hall–Kier alpha value is -0.890. The molecule has 2 heteroatoms. The summed E-state index contributed by atoms with van der Waals surface area (Å²) in [6.07, 6.45) is 2.46. The summed E-state index contributed by atoms with van der Waals surface area (Å²) in [4.78, 5) is 0. The predicted octanol–water partition coefficient (Wildman–Crippen LogP) is 2.81. The molecule has 1 aromatic carbocycles. The number of benzene rings is 1. The quantitative estimate of drug-likeness (QED) is 0.775. The number of rotatable bonds is 4. The van der Waals surface area contributed by atoms with Gasteiger partial charge < -0.3 is 5.32 Å². The molecule has 1 aromatic rings. The van der Waals surface area contributed by atoms with E-state index in [1.54, 1.807) is 6.07 Å². The number of nitrogens with one attached hydrogen (secondary N) is 1. The third kappa shape index (κ3) is 2.13. The molecule has 0 aliphatic heterocycles. The number of halogens is 1. The maximum Gasteiger partial charge on any atom is 0.127 e. The lowest BCUT2D eigenvalue weighted by molar-refractivity contribution is 0.591. The zero-order valence-corrected chi connectivity index (χ0v) is 8.52. The third-order valence-corrected chi connectivity index (χ3v) is 2.69. The zero-order chi connectivity index (χ0) is 9.97. The zero-order valence-electron chi connectivity index (χ0n) is 8.52. The van der Waals surface area contributed by atoms with Crippen LogP contribution >= 0.6 is 0 Å². The van der Waals surface area contributed by atoms with E-state index in [4.69, 9.17) is 0 Å². The molecule has 1 N–H and O–H groups in total. The highest BCUT2D eigenvalue weighted by atomic mass is 19.1. The first-order valence-corrected chi connectivity index (χ1v) is 5.30. The SMILES string of the molecule is CCNCc1ccc(C2CC2)cc1F. The maximum absolute atomic E-state index is 13.5. The molecule has 1 nitrogen and oxygen atoms in total. The van der Waals surface area contributed by atoms with Crippen molar-refractivity contribution in [2.75, 3.05) is 6.54 Å². The largest absolute Gasteiger partial charge is 0.313 e. The van der Waals surface area contributed by atoms with E-state index in [2.05, 4.69) is 11.4 Å². The van der Waals surface area contributed by atoms with Gasteiger partial charge in [-0.05, 0) is 36.9 Å². The van der Waals surface area contributed by atoms with Gasteiger partial charge in [-0.1, -0.05) is 19.1 Å². The average Bonchev–Trinajstić information content (AvgIpc) is 2.99. The second kappa shape index (κ2) is 4.09. The van der Waals surface area contributed by atoms with E-state index in [9.17, 15) is 4.39 Å². The van der Waals surface area contributed by atoms with Crippen LogP contribution in [0.1, 0.15) is 36.8 Å². The lowest BCUT2D eigenvalue weighted by atomic mass is 10.1. The molecule has 0 amide bonds. The average molecular weight is 193 g/mol. The number of hydrogen-bond donors (Lipinski definition) is 1. The van der Waals surface area contributed by atoms with Crippen molar-refractivity contribution < 1.29 is 4.39 Å². The molecule has 1 fully saturated rings. The van der Waals surface area contributed by atoms with E-state index < -0.39 is 0 Å². The van der Waals surface area contributed by atoms with E-state index in [1.165, 1.54) is 18.4 Å². The molecule has 0 aromatic heterocycles. The molecule has 0 heterocycles. The van der Waals surface area contributed by atoms with Crippen molar-refractivity contribution in [3.8, 4) is 0 Å². The summed E-state index contributed by atoms with van der Waals surface area (Å²) < 4.78 is 13.5.